The maximum atomic E-state index is 13.2. The number of fused-ring (bicyclic) bond motifs is 2. The second-order valence-corrected chi connectivity index (χ2v) is 9.11. The fraction of sp³-hybridized carbons (Fsp3) is 0.179. The van der Waals surface area contributed by atoms with Gasteiger partial charge < -0.3 is 18.8 Å². The van der Waals surface area contributed by atoms with Gasteiger partial charge in [-0.15, -0.1) is 0 Å². The number of Topliss-reactive ketones (excluding diaryl/α,β-unsaturated/α-hetero) is 1. The molecule has 0 atom stereocenters. The van der Waals surface area contributed by atoms with Crippen LogP contribution >= 0.6 is 23.2 Å². The highest BCUT2D eigenvalue weighted by Crippen LogP contribution is 2.40. The summed E-state index contributed by atoms with van der Waals surface area (Å²) in [5, 5.41) is 1.97. The molecule has 7 heteroatoms. The number of aromatic nitrogens is 1. The third-order valence-electron chi connectivity index (χ3n) is 6.16. The quantitative estimate of drug-likeness (QED) is 0.254. The molecular weight excluding hydrogens is 485 g/mol. The van der Waals surface area contributed by atoms with Crippen molar-refractivity contribution >= 4 is 46.0 Å². The lowest BCUT2D eigenvalue weighted by Crippen LogP contribution is -1.98. The molecule has 1 aromatic heterocycles. The predicted octanol–water partition coefficient (Wildman–Crippen LogP) is 7.48. The van der Waals surface area contributed by atoms with Gasteiger partial charge in [0, 0.05) is 34.8 Å². The summed E-state index contributed by atoms with van der Waals surface area (Å²) >= 11 is 12.1. The summed E-state index contributed by atoms with van der Waals surface area (Å²) in [4.78, 5) is 13.2. The topological polar surface area (TPSA) is 49.7 Å². The maximum Gasteiger partial charge on any atom is 0.231 e. The Labute approximate surface area is 213 Å². The first-order valence-electron chi connectivity index (χ1n) is 11.2. The maximum absolute atomic E-state index is 13.2. The molecule has 4 aromatic rings. The largest absolute Gasteiger partial charge is 0.497 e. The summed E-state index contributed by atoms with van der Waals surface area (Å²) in [6.45, 7) is 5.08. The molecule has 5 nitrogen and oxygen atoms in total. The molecule has 5 rings (SSSR count). The lowest BCUT2D eigenvalue weighted by molar-refractivity contribution is 0.101. The zero-order chi connectivity index (χ0) is 24.7. The van der Waals surface area contributed by atoms with Gasteiger partial charge in [0.25, 0.3) is 0 Å². The fourth-order valence-electron chi connectivity index (χ4n) is 4.26. The van der Waals surface area contributed by atoms with E-state index in [9.17, 15) is 4.79 Å². The normalized spacial score (nSPS) is 13.9. The molecule has 0 amide bonds. The van der Waals surface area contributed by atoms with Crippen LogP contribution < -0.4 is 14.2 Å². The van der Waals surface area contributed by atoms with E-state index in [1.165, 1.54) is 0 Å². The third-order valence-corrected chi connectivity index (χ3v) is 6.90. The van der Waals surface area contributed by atoms with Gasteiger partial charge in [-0.05, 0) is 68.0 Å². The Morgan fingerprint density at radius 2 is 1.89 bits per heavy atom. The average Bonchev–Trinajstić information content (AvgIpc) is 3.38. The van der Waals surface area contributed by atoms with Gasteiger partial charge in [-0.2, -0.15) is 0 Å². The Bertz CT molecular complexity index is 1500. The molecular formula is C28H23Cl2NO4. The van der Waals surface area contributed by atoms with Crippen molar-refractivity contribution in [2.45, 2.75) is 27.0 Å². The van der Waals surface area contributed by atoms with Gasteiger partial charge >= 0.3 is 0 Å². The Morgan fingerprint density at radius 3 is 2.63 bits per heavy atom. The van der Waals surface area contributed by atoms with Crippen LogP contribution in [0.4, 0.5) is 0 Å². The van der Waals surface area contributed by atoms with Gasteiger partial charge in [-0.25, -0.2) is 0 Å². The van der Waals surface area contributed by atoms with Crippen molar-refractivity contribution in [2.75, 3.05) is 7.11 Å². The molecule has 0 saturated heterocycles. The van der Waals surface area contributed by atoms with E-state index in [4.69, 9.17) is 37.4 Å². The van der Waals surface area contributed by atoms with E-state index in [-0.39, 0.29) is 11.5 Å². The monoisotopic (exact) mass is 507 g/mol. The number of ketones is 1. The van der Waals surface area contributed by atoms with E-state index in [0.717, 1.165) is 39.9 Å². The first-order chi connectivity index (χ1) is 16.9. The number of nitrogens with zero attached hydrogens (tertiary/aromatic N) is 1. The van der Waals surface area contributed by atoms with Crippen LogP contribution in [0.3, 0.4) is 0 Å². The highest BCUT2D eigenvalue weighted by atomic mass is 35.5. The summed E-state index contributed by atoms with van der Waals surface area (Å²) in [5.41, 5.74) is 4.13. The van der Waals surface area contributed by atoms with Crippen LogP contribution in [0.15, 0.2) is 60.5 Å². The number of allylic oxidation sites excluding steroid dienone is 1. The minimum absolute atomic E-state index is 0.153. The van der Waals surface area contributed by atoms with Crippen molar-refractivity contribution in [3.63, 3.8) is 0 Å². The number of carbonyl (C=O) groups excluding carboxylic acids is 1. The second kappa shape index (κ2) is 9.33. The second-order valence-electron chi connectivity index (χ2n) is 8.30. The molecule has 178 valence electrons. The van der Waals surface area contributed by atoms with Crippen LogP contribution in [-0.2, 0) is 13.2 Å². The van der Waals surface area contributed by atoms with E-state index in [1.54, 1.807) is 37.5 Å². The molecule has 0 spiro atoms. The zero-order valence-corrected chi connectivity index (χ0v) is 21.0. The first-order valence-corrected chi connectivity index (χ1v) is 12.0. The Kier molecular flexibility index (Phi) is 6.22. The average molecular weight is 508 g/mol. The van der Waals surface area contributed by atoms with Crippen molar-refractivity contribution < 1.29 is 19.0 Å². The van der Waals surface area contributed by atoms with E-state index < -0.39 is 0 Å². The molecule has 0 unspecified atom stereocenters. The Balaban J connectivity index is 1.44. The van der Waals surface area contributed by atoms with Crippen molar-refractivity contribution in [1.29, 1.82) is 0 Å². The van der Waals surface area contributed by atoms with Crippen LogP contribution in [0, 0.1) is 6.92 Å². The minimum Gasteiger partial charge on any atom is -0.497 e. The molecule has 0 N–H and O–H groups in total. The molecule has 0 aliphatic carbocycles. The molecule has 3 aromatic carbocycles. The van der Waals surface area contributed by atoms with Gasteiger partial charge in [-0.3, -0.25) is 4.79 Å². The fourth-order valence-corrected chi connectivity index (χ4v) is 4.58. The molecule has 1 aliphatic heterocycles. The zero-order valence-electron chi connectivity index (χ0n) is 19.5. The number of hydrogen-bond donors (Lipinski definition) is 0. The van der Waals surface area contributed by atoms with E-state index in [2.05, 4.69) is 11.5 Å². The number of halogens is 2. The van der Waals surface area contributed by atoms with Gasteiger partial charge in [0.1, 0.15) is 23.9 Å². The van der Waals surface area contributed by atoms with E-state index in [1.807, 2.05) is 37.4 Å². The van der Waals surface area contributed by atoms with Gasteiger partial charge in [-0.1, -0.05) is 29.3 Å². The summed E-state index contributed by atoms with van der Waals surface area (Å²) < 4.78 is 19.6. The van der Waals surface area contributed by atoms with Gasteiger partial charge in [0.15, 0.2) is 5.76 Å². The number of carbonyl (C=O) groups is 1. The number of methoxy groups -OCH3 is 1. The molecule has 0 fully saturated rings. The molecule has 0 saturated carbocycles. The third kappa shape index (κ3) is 4.26. The highest BCUT2D eigenvalue weighted by Gasteiger charge is 2.30. The van der Waals surface area contributed by atoms with Crippen molar-refractivity contribution in [2.24, 2.45) is 0 Å². The molecule has 0 bridgehead atoms. The number of rotatable bonds is 6. The minimum atomic E-state index is -0.153. The van der Waals surface area contributed by atoms with Crippen molar-refractivity contribution in [3.8, 4) is 17.2 Å². The summed E-state index contributed by atoms with van der Waals surface area (Å²) in [7, 11) is 1.64. The SMILES string of the molecule is CCn1cc(/C=C2\Oc3c(ccc(OCc4ccc(Cl)c(Cl)c4)c3C)C2=O)c2cc(OC)ccc21. The van der Waals surface area contributed by atoms with Gasteiger partial charge in [0.2, 0.25) is 5.78 Å². The number of ether oxygens (including phenoxy) is 3. The molecule has 1 aliphatic rings. The molecule has 2 heterocycles. The van der Waals surface area contributed by atoms with Gasteiger partial charge in [0.05, 0.1) is 22.7 Å². The van der Waals surface area contributed by atoms with Crippen LogP contribution in [-0.4, -0.2) is 17.5 Å². The Hall–Kier alpha value is -3.41. The van der Waals surface area contributed by atoms with Crippen molar-refractivity contribution in [1.82, 2.24) is 4.57 Å². The summed E-state index contributed by atoms with van der Waals surface area (Å²) in [6, 6.07) is 14.8. The predicted molar refractivity (Wildman–Crippen MR) is 139 cm³/mol. The van der Waals surface area contributed by atoms with Crippen LogP contribution in [0.5, 0.6) is 17.2 Å². The lowest BCUT2D eigenvalue weighted by atomic mass is 10.1. The Morgan fingerprint density at radius 1 is 1.06 bits per heavy atom. The standard InChI is InChI=1S/C28H23Cl2NO4/c1-4-31-14-18(21-13-19(33-3)6-9-24(21)31)12-26-27(32)20-7-10-25(16(2)28(20)35-26)34-15-17-5-8-22(29)23(30)11-17/h5-14H,4,15H2,1-3H3/b26-12-. The van der Waals surface area contributed by atoms with Crippen LogP contribution in [0.1, 0.15) is 34.0 Å². The highest BCUT2D eigenvalue weighted by molar-refractivity contribution is 6.42. The van der Waals surface area contributed by atoms with E-state index in [0.29, 0.717) is 33.7 Å². The molecule has 0 radical (unpaired) electrons. The smallest absolute Gasteiger partial charge is 0.231 e. The number of aryl methyl sites for hydroxylation is 1. The number of hydrogen-bond acceptors (Lipinski definition) is 4. The summed E-state index contributed by atoms with van der Waals surface area (Å²) in [6.07, 6.45) is 3.82. The lowest BCUT2D eigenvalue weighted by Gasteiger charge is -2.12. The van der Waals surface area contributed by atoms with Crippen LogP contribution in [0.2, 0.25) is 10.0 Å². The first kappa shape index (κ1) is 23.3. The number of benzene rings is 3. The summed E-state index contributed by atoms with van der Waals surface area (Å²) in [5.74, 6) is 2.04. The molecule has 35 heavy (non-hydrogen) atoms. The van der Waals surface area contributed by atoms with Crippen LogP contribution in [0.25, 0.3) is 17.0 Å². The van der Waals surface area contributed by atoms with Crippen molar-refractivity contribution in [3.05, 3.63) is 92.8 Å². The van der Waals surface area contributed by atoms with E-state index >= 15 is 0 Å².